The molecule has 8 heteroatoms. The molecule has 6 nitrogen and oxygen atoms in total. The molecule has 0 bridgehead atoms. The number of benzene rings is 1. The summed E-state index contributed by atoms with van der Waals surface area (Å²) in [7, 11) is 0. The van der Waals surface area contributed by atoms with E-state index in [2.05, 4.69) is 27.3 Å². The lowest BCUT2D eigenvalue weighted by molar-refractivity contribution is -0.118. The van der Waals surface area contributed by atoms with Gasteiger partial charge in [-0.2, -0.15) is 5.10 Å². The summed E-state index contributed by atoms with van der Waals surface area (Å²) in [4.78, 5) is 20.4. The molecule has 25 heavy (non-hydrogen) atoms. The fourth-order valence-corrected chi connectivity index (χ4v) is 3.09. The number of halogens is 1. The number of carbonyl (C=O) groups is 1. The molecule has 0 unspecified atom stereocenters. The zero-order valence-corrected chi connectivity index (χ0v) is 14.6. The molecule has 2 aromatic heterocycles. The van der Waals surface area contributed by atoms with E-state index in [9.17, 15) is 9.18 Å². The Labute approximate surface area is 148 Å². The van der Waals surface area contributed by atoms with Gasteiger partial charge in [0.15, 0.2) is 5.65 Å². The predicted molar refractivity (Wildman–Crippen MR) is 95.3 cm³/mol. The lowest BCUT2D eigenvalue weighted by atomic mass is 10.3. The number of fused-ring (bicyclic) bond motifs is 1. The van der Waals surface area contributed by atoms with Crippen LogP contribution in [0.3, 0.4) is 0 Å². The Kier molecular flexibility index (Phi) is 5.60. The van der Waals surface area contributed by atoms with Gasteiger partial charge in [0.1, 0.15) is 17.2 Å². The molecule has 0 spiro atoms. The van der Waals surface area contributed by atoms with Gasteiger partial charge in [-0.1, -0.05) is 25.1 Å². The number of nitrogens with one attached hydrogen (secondary N) is 1. The van der Waals surface area contributed by atoms with Crippen LogP contribution < -0.4 is 5.32 Å². The normalized spacial score (nSPS) is 11.0. The first-order valence-electron chi connectivity index (χ1n) is 8.03. The van der Waals surface area contributed by atoms with Crippen molar-refractivity contribution in [2.75, 3.05) is 12.3 Å². The summed E-state index contributed by atoms with van der Waals surface area (Å²) in [5, 5.41) is 8.66. The van der Waals surface area contributed by atoms with E-state index in [0.717, 1.165) is 18.2 Å². The average Bonchev–Trinajstić information content (AvgIpc) is 3.05. The zero-order valence-electron chi connectivity index (χ0n) is 13.8. The van der Waals surface area contributed by atoms with Crippen molar-refractivity contribution in [3.8, 4) is 5.69 Å². The zero-order chi connectivity index (χ0) is 17.6. The maximum Gasteiger partial charge on any atom is 0.230 e. The van der Waals surface area contributed by atoms with Crippen molar-refractivity contribution < 1.29 is 9.18 Å². The average molecular weight is 359 g/mol. The summed E-state index contributed by atoms with van der Waals surface area (Å²) in [6.07, 6.45) is 5.12. The first-order chi connectivity index (χ1) is 12.2. The number of hydrogen-bond acceptors (Lipinski definition) is 5. The molecule has 0 saturated heterocycles. The Bertz CT molecular complexity index is 865. The van der Waals surface area contributed by atoms with E-state index in [4.69, 9.17) is 0 Å². The highest BCUT2D eigenvalue weighted by molar-refractivity contribution is 8.00. The van der Waals surface area contributed by atoms with Crippen molar-refractivity contribution >= 4 is 28.7 Å². The fraction of sp³-hybridized carbons (Fsp3) is 0.294. The Morgan fingerprint density at radius 3 is 2.84 bits per heavy atom. The molecule has 0 aliphatic heterocycles. The largest absolute Gasteiger partial charge is 0.355 e. The molecule has 0 saturated carbocycles. The van der Waals surface area contributed by atoms with E-state index in [1.165, 1.54) is 30.2 Å². The lowest BCUT2D eigenvalue weighted by Crippen LogP contribution is -2.26. The smallest absolute Gasteiger partial charge is 0.230 e. The molecular weight excluding hydrogens is 341 g/mol. The van der Waals surface area contributed by atoms with Crippen LogP contribution in [-0.4, -0.2) is 38.0 Å². The van der Waals surface area contributed by atoms with Crippen molar-refractivity contribution in [3.63, 3.8) is 0 Å². The van der Waals surface area contributed by atoms with Crippen LogP contribution in [0.4, 0.5) is 4.39 Å². The molecule has 130 valence electrons. The number of thioether (sulfide) groups is 1. The summed E-state index contributed by atoms with van der Waals surface area (Å²) in [6, 6.07) is 6.02. The third kappa shape index (κ3) is 4.14. The van der Waals surface area contributed by atoms with Crippen LogP contribution in [0.2, 0.25) is 0 Å². The Balaban J connectivity index is 1.77. The number of rotatable bonds is 7. The molecule has 0 aliphatic carbocycles. The Hall–Kier alpha value is -2.48. The second kappa shape index (κ2) is 8.06. The van der Waals surface area contributed by atoms with Crippen molar-refractivity contribution in [2.24, 2.45) is 0 Å². The third-order valence-electron chi connectivity index (χ3n) is 3.59. The van der Waals surface area contributed by atoms with E-state index in [1.54, 1.807) is 23.0 Å². The minimum atomic E-state index is -0.305. The summed E-state index contributed by atoms with van der Waals surface area (Å²) in [6.45, 7) is 2.77. The van der Waals surface area contributed by atoms with Gasteiger partial charge in [-0.3, -0.25) is 4.79 Å². The van der Waals surface area contributed by atoms with Gasteiger partial charge in [0.05, 0.1) is 23.0 Å². The van der Waals surface area contributed by atoms with E-state index in [0.29, 0.717) is 22.9 Å². The molecular formula is C17H18FN5OS. The van der Waals surface area contributed by atoms with Crippen molar-refractivity contribution in [1.29, 1.82) is 0 Å². The molecule has 0 radical (unpaired) electrons. The first kappa shape index (κ1) is 17.3. The number of unbranched alkanes of at least 4 members (excludes halogenated alkanes) is 1. The maximum absolute atomic E-state index is 13.1. The van der Waals surface area contributed by atoms with Crippen LogP contribution >= 0.6 is 11.8 Å². The van der Waals surface area contributed by atoms with Crippen molar-refractivity contribution in [2.45, 2.75) is 24.8 Å². The second-order valence-electron chi connectivity index (χ2n) is 5.44. The van der Waals surface area contributed by atoms with Crippen LogP contribution in [0.15, 0.2) is 41.8 Å². The maximum atomic E-state index is 13.1. The summed E-state index contributed by atoms with van der Waals surface area (Å²) in [5.41, 5.74) is 1.33. The third-order valence-corrected chi connectivity index (χ3v) is 4.60. The molecule has 1 N–H and O–H groups in total. The molecule has 3 rings (SSSR count). The van der Waals surface area contributed by atoms with Crippen molar-refractivity contribution in [1.82, 2.24) is 25.1 Å². The van der Waals surface area contributed by atoms with Crippen LogP contribution in [0.25, 0.3) is 16.7 Å². The number of carbonyl (C=O) groups excluding carboxylic acids is 1. The fourth-order valence-electron chi connectivity index (χ4n) is 2.30. The molecule has 3 aromatic rings. The van der Waals surface area contributed by atoms with Gasteiger partial charge in [-0.15, -0.1) is 0 Å². The van der Waals surface area contributed by atoms with E-state index in [1.807, 2.05) is 0 Å². The van der Waals surface area contributed by atoms with Crippen LogP contribution in [0.5, 0.6) is 0 Å². The van der Waals surface area contributed by atoms with Gasteiger partial charge in [-0.25, -0.2) is 19.0 Å². The molecule has 1 amide bonds. The first-order valence-corrected chi connectivity index (χ1v) is 9.01. The summed E-state index contributed by atoms with van der Waals surface area (Å²) >= 11 is 1.35. The molecule has 1 aromatic carbocycles. The quantitative estimate of drug-likeness (QED) is 0.399. The summed E-state index contributed by atoms with van der Waals surface area (Å²) in [5.74, 6) is -0.0336. The van der Waals surface area contributed by atoms with Gasteiger partial charge in [-0.05, 0) is 30.7 Å². The number of hydrogen-bond donors (Lipinski definition) is 1. The molecule has 0 atom stereocenters. The molecule has 2 heterocycles. The lowest BCUT2D eigenvalue weighted by Gasteiger charge is -2.05. The minimum Gasteiger partial charge on any atom is -0.355 e. The molecule has 0 fully saturated rings. The highest BCUT2D eigenvalue weighted by Gasteiger charge is 2.13. The number of nitrogens with zero attached hydrogens (tertiary/aromatic N) is 4. The topological polar surface area (TPSA) is 72.7 Å². The van der Waals surface area contributed by atoms with Gasteiger partial charge in [0, 0.05) is 6.54 Å². The SMILES string of the molecule is CCCCNC(=O)CSc1ncnc2c1cnn2-c1ccc(F)cc1. The Morgan fingerprint density at radius 2 is 2.08 bits per heavy atom. The van der Waals surface area contributed by atoms with Crippen molar-refractivity contribution in [3.05, 3.63) is 42.6 Å². The minimum absolute atomic E-state index is 0.0175. The van der Waals surface area contributed by atoms with Gasteiger partial charge in [0.25, 0.3) is 0 Å². The second-order valence-corrected chi connectivity index (χ2v) is 6.41. The highest BCUT2D eigenvalue weighted by atomic mass is 32.2. The van der Waals surface area contributed by atoms with E-state index in [-0.39, 0.29) is 17.5 Å². The van der Waals surface area contributed by atoms with Gasteiger partial charge in [0.2, 0.25) is 5.91 Å². The van der Waals surface area contributed by atoms with Gasteiger partial charge < -0.3 is 5.32 Å². The van der Waals surface area contributed by atoms with E-state index >= 15 is 0 Å². The highest BCUT2D eigenvalue weighted by Crippen LogP contribution is 2.25. The number of amides is 1. The van der Waals surface area contributed by atoms with Gasteiger partial charge >= 0.3 is 0 Å². The van der Waals surface area contributed by atoms with Crippen LogP contribution in [0, 0.1) is 5.82 Å². The predicted octanol–water partition coefficient (Wildman–Crippen LogP) is 2.96. The molecule has 0 aliphatic rings. The summed E-state index contributed by atoms with van der Waals surface area (Å²) < 4.78 is 14.7. The van der Waals surface area contributed by atoms with Crippen LogP contribution in [-0.2, 0) is 4.79 Å². The van der Waals surface area contributed by atoms with E-state index < -0.39 is 0 Å². The standard InChI is InChI=1S/C17H18FN5OS/c1-2-3-8-19-15(24)10-25-17-14-9-22-23(16(14)20-11-21-17)13-6-4-12(18)5-7-13/h4-7,9,11H,2-3,8,10H2,1H3,(H,19,24). The number of aromatic nitrogens is 4. The van der Waals surface area contributed by atoms with Crippen LogP contribution in [0.1, 0.15) is 19.8 Å². The Morgan fingerprint density at radius 1 is 1.28 bits per heavy atom. The monoisotopic (exact) mass is 359 g/mol.